The molecule has 9 aromatic rings. The fraction of sp³-hybridized carbons (Fsp3) is 0. The van der Waals surface area contributed by atoms with Crippen molar-refractivity contribution in [2.75, 3.05) is 5.43 Å². The number of hydrazone groups is 1. The largest absolute Gasteiger partial charge is 0.369 e. The van der Waals surface area contributed by atoms with Gasteiger partial charge in [-0.1, -0.05) is 121 Å². The lowest BCUT2D eigenvalue weighted by molar-refractivity contribution is 1.18. The summed E-state index contributed by atoms with van der Waals surface area (Å²) >= 11 is 0. The van der Waals surface area contributed by atoms with Crippen molar-refractivity contribution in [2.24, 2.45) is 15.8 Å². The van der Waals surface area contributed by atoms with E-state index >= 15 is 0 Å². The summed E-state index contributed by atoms with van der Waals surface area (Å²) in [5, 5.41) is 11.6. The summed E-state index contributed by atoms with van der Waals surface area (Å²) in [5.41, 5.74) is 17.3. The van der Waals surface area contributed by atoms with E-state index in [1.54, 1.807) is 0 Å². The number of nitrogens with zero attached hydrogens (tertiary/aromatic N) is 4. The first-order chi connectivity index (χ1) is 23.7. The van der Waals surface area contributed by atoms with Crippen LogP contribution in [0.1, 0.15) is 5.56 Å². The highest BCUT2D eigenvalue weighted by Crippen LogP contribution is 2.40. The maximum Gasteiger partial charge on any atom is 0.207 e. The molecule has 0 radical (unpaired) electrons. The van der Waals surface area contributed by atoms with E-state index in [0.717, 1.165) is 60.5 Å². The predicted octanol–water partition coefficient (Wildman–Crippen LogP) is 9.68. The van der Waals surface area contributed by atoms with Crippen molar-refractivity contribution in [1.29, 1.82) is 0 Å². The zero-order valence-corrected chi connectivity index (χ0v) is 26.0. The summed E-state index contributed by atoms with van der Waals surface area (Å²) in [6.07, 6.45) is 0. The molecule has 0 atom stereocenters. The Hall–Kier alpha value is -6.66. The summed E-state index contributed by atoms with van der Waals surface area (Å²) in [5.74, 6) is 0.808. The number of hydrogen-bond donors (Lipinski definition) is 2. The number of nitrogens with two attached hydrogens (primary N) is 1. The van der Waals surface area contributed by atoms with Gasteiger partial charge in [-0.2, -0.15) is 10.1 Å². The van der Waals surface area contributed by atoms with Gasteiger partial charge in [-0.15, -0.1) is 0 Å². The minimum absolute atomic E-state index is 0.328. The molecule has 6 heteroatoms. The van der Waals surface area contributed by atoms with E-state index in [2.05, 4.69) is 112 Å². The van der Waals surface area contributed by atoms with Crippen molar-refractivity contribution >= 4 is 71.9 Å². The van der Waals surface area contributed by atoms with Crippen molar-refractivity contribution in [3.05, 3.63) is 169 Å². The number of aliphatic imine (C=N–C) groups is 1. The van der Waals surface area contributed by atoms with Gasteiger partial charge in [0, 0.05) is 32.8 Å². The fourth-order valence-electron chi connectivity index (χ4n) is 6.87. The Morgan fingerprint density at radius 1 is 0.542 bits per heavy atom. The Labute approximate surface area is 276 Å². The lowest BCUT2D eigenvalue weighted by Crippen LogP contribution is -2.24. The maximum absolute atomic E-state index is 7.09. The Kier molecular flexibility index (Phi) is 6.50. The molecular weight excluding hydrogens is 589 g/mol. The first kappa shape index (κ1) is 27.6. The smallest absolute Gasteiger partial charge is 0.207 e. The second-order valence-corrected chi connectivity index (χ2v) is 11.8. The molecule has 0 unspecified atom stereocenters. The van der Waals surface area contributed by atoms with Gasteiger partial charge in [0.15, 0.2) is 5.84 Å². The molecule has 6 nitrogen and oxygen atoms in total. The number of aromatic nitrogens is 2. The topological polar surface area (TPSA) is 72.6 Å². The standard InChI is InChI=1S/C42H30N6/c43-42(44-41(29-14-3-1-4-15-29)46-45-31-17-5-2-6-18-31)48-36-21-11-9-19-33(36)34-25-26-38-39(40(34)48)35-20-10-12-22-37(35)47(38)32-24-23-28-13-7-8-16-30(28)27-32/h1-27,45H,(H2,43,44,46). The molecule has 0 aliphatic heterocycles. The van der Waals surface area contributed by atoms with Crippen LogP contribution in [0.2, 0.25) is 0 Å². The van der Waals surface area contributed by atoms with Crippen LogP contribution in [-0.4, -0.2) is 20.9 Å². The third-order valence-corrected chi connectivity index (χ3v) is 9.01. The average Bonchev–Trinajstić information content (AvgIpc) is 3.67. The molecule has 0 aliphatic rings. The van der Waals surface area contributed by atoms with Crippen molar-refractivity contribution in [2.45, 2.75) is 0 Å². The second-order valence-electron chi connectivity index (χ2n) is 11.8. The van der Waals surface area contributed by atoms with E-state index in [1.807, 2.05) is 66.7 Å². The van der Waals surface area contributed by atoms with Crippen LogP contribution in [0.4, 0.5) is 5.69 Å². The molecule has 0 spiro atoms. The lowest BCUT2D eigenvalue weighted by atomic mass is 10.1. The summed E-state index contributed by atoms with van der Waals surface area (Å²) in [6.45, 7) is 0. The van der Waals surface area contributed by atoms with Crippen molar-refractivity contribution < 1.29 is 0 Å². The van der Waals surface area contributed by atoms with Gasteiger partial charge in [0.1, 0.15) is 0 Å². The first-order valence-corrected chi connectivity index (χ1v) is 16.0. The highest BCUT2D eigenvalue weighted by atomic mass is 15.3. The Morgan fingerprint density at radius 2 is 1.21 bits per heavy atom. The van der Waals surface area contributed by atoms with Gasteiger partial charge in [0.25, 0.3) is 0 Å². The minimum atomic E-state index is 0.328. The van der Waals surface area contributed by atoms with Gasteiger partial charge in [-0.3, -0.25) is 9.99 Å². The molecule has 0 saturated carbocycles. The number of amidine groups is 1. The van der Waals surface area contributed by atoms with Gasteiger partial charge in [0.05, 0.1) is 27.8 Å². The molecule has 7 aromatic carbocycles. The van der Waals surface area contributed by atoms with E-state index < -0.39 is 0 Å². The molecule has 3 N–H and O–H groups in total. The van der Waals surface area contributed by atoms with Crippen molar-refractivity contribution in [3.8, 4) is 5.69 Å². The van der Waals surface area contributed by atoms with E-state index in [-0.39, 0.29) is 0 Å². The maximum atomic E-state index is 7.09. The lowest BCUT2D eigenvalue weighted by Gasteiger charge is -2.11. The molecular formula is C42H30N6. The summed E-state index contributed by atoms with van der Waals surface area (Å²) in [6, 6.07) is 56.3. The number of fused-ring (bicyclic) bond motifs is 8. The quantitative estimate of drug-likeness (QED) is 0.117. The predicted molar refractivity (Wildman–Crippen MR) is 201 cm³/mol. The molecule has 228 valence electrons. The van der Waals surface area contributed by atoms with Crippen LogP contribution < -0.4 is 11.2 Å². The highest BCUT2D eigenvalue weighted by molar-refractivity contribution is 6.28. The molecule has 0 bridgehead atoms. The van der Waals surface area contributed by atoms with Crippen LogP contribution in [0.25, 0.3) is 60.1 Å². The molecule has 0 aliphatic carbocycles. The number of hydrogen-bond acceptors (Lipinski definition) is 2. The number of nitrogens with one attached hydrogen (secondary N) is 1. The Bertz CT molecular complexity index is 2700. The number of anilines is 1. The van der Waals surface area contributed by atoms with Gasteiger partial charge in [-0.05, 0) is 53.2 Å². The van der Waals surface area contributed by atoms with Gasteiger partial charge >= 0.3 is 0 Å². The summed E-state index contributed by atoms with van der Waals surface area (Å²) in [7, 11) is 0. The molecule has 0 saturated heterocycles. The normalized spacial score (nSPS) is 12.5. The van der Waals surface area contributed by atoms with Crippen LogP contribution >= 0.6 is 0 Å². The first-order valence-electron chi connectivity index (χ1n) is 16.0. The van der Waals surface area contributed by atoms with Crippen LogP contribution in [0.15, 0.2) is 174 Å². The summed E-state index contributed by atoms with van der Waals surface area (Å²) < 4.78 is 4.44. The number of benzene rings is 7. The van der Waals surface area contributed by atoms with Crippen molar-refractivity contribution in [3.63, 3.8) is 0 Å². The number of rotatable bonds is 4. The average molecular weight is 619 g/mol. The molecule has 2 heterocycles. The Balaban J connectivity index is 1.33. The monoisotopic (exact) mass is 618 g/mol. The second kappa shape index (κ2) is 11.3. The van der Waals surface area contributed by atoms with Crippen LogP contribution in [0.3, 0.4) is 0 Å². The van der Waals surface area contributed by atoms with E-state index in [4.69, 9.17) is 15.8 Å². The van der Waals surface area contributed by atoms with Gasteiger partial charge < -0.3 is 10.3 Å². The molecule has 48 heavy (non-hydrogen) atoms. The zero-order chi connectivity index (χ0) is 32.0. The van der Waals surface area contributed by atoms with Crippen LogP contribution in [-0.2, 0) is 0 Å². The molecule has 0 amide bonds. The van der Waals surface area contributed by atoms with E-state index in [0.29, 0.717) is 11.8 Å². The fourth-order valence-corrected chi connectivity index (χ4v) is 6.87. The SMILES string of the molecule is N/C(=N\C(=N/Nc1ccccc1)c1ccccc1)n1c2ccccc2c2ccc3c(c4ccccc4n3-c3ccc4ccccc4c3)c21. The highest BCUT2D eigenvalue weighted by Gasteiger charge is 2.21. The van der Waals surface area contributed by atoms with E-state index in [1.165, 1.54) is 10.8 Å². The van der Waals surface area contributed by atoms with Gasteiger partial charge in [0.2, 0.25) is 5.96 Å². The van der Waals surface area contributed by atoms with E-state index in [9.17, 15) is 0 Å². The van der Waals surface area contributed by atoms with Crippen LogP contribution in [0.5, 0.6) is 0 Å². The van der Waals surface area contributed by atoms with Gasteiger partial charge in [-0.25, -0.2) is 0 Å². The van der Waals surface area contributed by atoms with Crippen LogP contribution in [0, 0.1) is 0 Å². The molecule has 9 rings (SSSR count). The number of para-hydroxylation sites is 3. The third-order valence-electron chi connectivity index (χ3n) is 9.01. The Morgan fingerprint density at radius 3 is 2.02 bits per heavy atom. The minimum Gasteiger partial charge on any atom is -0.369 e. The van der Waals surface area contributed by atoms with Crippen molar-refractivity contribution in [1.82, 2.24) is 9.13 Å². The third kappa shape index (κ3) is 4.50. The zero-order valence-electron chi connectivity index (χ0n) is 26.0. The molecule has 2 aromatic heterocycles. The summed E-state index contributed by atoms with van der Waals surface area (Å²) in [4.78, 5) is 5.03. The molecule has 0 fully saturated rings.